The Morgan fingerprint density at radius 1 is 1.40 bits per heavy atom. The third kappa shape index (κ3) is 2.52. The predicted molar refractivity (Wildman–Crippen MR) is 58.2 cm³/mol. The lowest BCUT2D eigenvalue weighted by atomic mass is 9.98. The highest BCUT2D eigenvalue weighted by Crippen LogP contribution is 2.53. The van der Waals surface area contributed by atoms with Gasteiger partial charge in [0.05, 0.1) is 6.61 Å². The molecule has 3 heteroatoms. The number of ether oxygens (including phenoxy) is 1. The Balaban J connectivity index is 1.80. The summed E-state index contributed by atoms with van der Waals surface area (Å²) in [6, 6.07) is 0. The summed E-state index contributed by atoms with van der Waals surface area (Å²) in [6.07, 6.45) is 5.40. The van der Waals surface area contributed by atoms with Gasteiger partial charge < -0.3 is 10.5 Å². The third-order valence-corrected chi connectivity index (χ3v) is 3.83. The van der Waals surface area contributed by atoms with Crippen molar-refractivity contribution >= 4 is 6.09 Å². The zero-order valence-electron chi connectivity index (χ0n) is 9.08. The summed E-state index contributed by atoms with van der Waals surface area (Å²) in [5.74, 6) is 2.10. The molecule has 3 unspecified atom stereocenters. The maximum absolute atomic E-state index is 10.5. The van der Waals surface area contributed by atoms with Crippen molar-refractivity contribution in [1.82, 2.24) is 0 Å². The molecule has 0 aromatic heterocycles. The lowest BCUT2D eigenvalue weighted by Gasteiger charge is -2.08. The second-order valence-electron chi connectivity index (χ2n) is 4.80. The van der Waals surface area contributed by atoms with E-state index in [0.29, 0.717) is 12.5 Å². The van der Waals surface area contributed by atoms with Gasteiger partial charge in [-0.05, 0) is 49.9 Å². The Hall–Kier alpha value is -0.990. The highest BCUT2D eigenvalue weighted by Gasteiger charge is 2.49. The Morgan fingerprint density at radius 3 is 2.87 bits per heavy atom. The Morgan fingerprint density at radius 2 is 2.13 bits per heavy atom. The molecule has 0 heterocycles. The molecule has 0 radical (unpaired) electrons. The molecule has 3 nitrogen and oxygen atoms in total. The van der Waals surface area contributed by atoms with Crippen molar-refractivity contribution in [2.75, 3.05) is 6.61 Å². The second-order valence-corrected chi connectivity index (χ2v) is 4.80. The Labute approximate surface area is 90.7 Å². The van der Waals surface area contributed by atoms with Crippen molar-refractivity contribution in [3.8, 4) is 0 Å². The van der Waals surface area contributed by atoms with Crippen LogP contribution in [0.1, 0.15) is 32.1 Å². The first-order chi connectivity index (χ1) is 7.18. The number of allylic oxidation sites excluding steroid dienone is 1. The van der Waals surface area contributed by atoms with Crippen molar-refractivity contribution < 1.29 is 9.53 Å². The van der Waals surface area contributed by atoms with Gasteiger partial charge in [-0.25, -0.2) is 4.79 Å². The van der Waals surface area contributed by atoms with E-state index in [0.717, 1.165) is 18.3 Å². The molecule has 0 aromatic carbocycles. The molecule has 2 rings (SSSR count). The molecule has 0 aromatic rings. The topological polar surface area (TPSA) is 52.3 Å². The van der Waals surface area contributed by atoms with E-state index in [-0.39, 0.29) is 0 Å². The van der Waals surface area contributed by atoms with Gasteiger partial charge in [0.25, 0.3) is 0 Å². The zero-order chi connectivity index (χ0) is 10.8. The van der Waals surface area contributed by atoms with Crippen LogP contribution >= 0.6 is 0 Å². The predicted octanol–water partition coefficient (Wildman–Crippen LogP) is 2.46. The molecule has 15 heavy (non-hydrogen) atoms. The van der Waals surface area contributed by atoms with Crippen molar-refractivity contribution in [1.29, 1.82) is 0 Å². The normalized spacial score (nSPS) is 34.9. The van der Waals surface area contributed by atoms with E-state index in [9.17, 15) is 4.79 Å². The molecule has 2 aliphatic rings. The van der Waals surface area contributed by atoms with Crippen LogP contribution in [0.25, 0.3) is 0 Å². The second kappa shape index (κ2) is 4.25. The summed E-state index contributed by atoms with van der Waals surface area (Å²) >= 11 is 0. The van der Waals surface area contributed by atoms with Crippen LogP contribution < -0.4 is 5.73 Å². The van der Waals surface area contributed by atoms with E-state index >= 15 is 0 Å². The minimum absolute atomic E-state index is 0.525. The smallest absolute Gasteiger partial charge is 0.404 e. The van der Waals surface area contributed by atoms with E-state index in [1.54, 1.807) is 0 Å². The van der Waals surface area contributed by atoms with Crippen LogP contribution in [0.3, 0.4) is 0 Å². The first-order valence-electron chi connectivity index (χ1n) is 5.77. The van der Waals surface area contributed by atoms with Gasteiger partial charge in [0, 0.05) is 0 Å². The van der Waals surface area contributed by atoms with Crippen molar-refractivity contribution in [2.24, 2.45) is 23.5 Å². The van der Waals surface area contributed by atoms with Crippen molar-refractivity contribution in [3.63, 3.8) is 0 Å². The Bertz CT molecular complexity index is 275. The standard InChI is InChI=1S/C12H19NO2/c1-8-3-2-4-9-10(6-5-8)11(9)7-15-12(13)14/h9-11H,1-7H2,(H2,13,14). The molecular weight excluding hydrogens is 190 g/mol. The van der Waals surface area contributed by atoms with Crippen LogP contribution in [-0.2, 0) is 4.74 Å². The monoisotopic (exact) mass is 209 g/mol. The summed E-state index contributed by atoms with van der Waals surface area (Å²) in [6.45, 7) is 4.59. The van der Waals surface area contributed by atoms with E-state index in [4.69, 9.17) is 10.5 Å². The summed E-state index contributed by atoms with van der Waals surface area (Å²) in [5, 5.41) is 0. The number of fused-ring (bicyclic) bond motifs is 1. The first-order valence-corrected chi connectivity index (χ1v) is 5.77. The SMILES string of the molecule is C=C1CCCC2C(CC1)C2COC(N)=O. The largest absolute Gasteiger partial charge is 0.449 e. The quantitative estimate of drug-likeness (QED) is 0.710. The van der Waals surface area contributed by atoms with Gasteiger partial charge in [-0.3, -0.25) is 0 Å². The maximum atomic E-state index is 10.5. The minimum atomic E-state index is -0.640. The van der Waals surface area contributed by atoms with Gasteiger partial charge in [-0.1, -0.05) is 12.2 Å². The van der Waals surface area contributed by atoms with E-state index in [1.165, 1.54) is 31.3 Å². The summed E-state index contributed by atoms with van der Waals surface area (Å²) in [5.41, 5.74) is 6.35. The van der Waals surface area contributed by atoms with Gasteiger partial charge in [0.2, 0.25) is 0 Å². The molecule has 0 saturated heterocycles. The van der Waals surface area contributed by atoms with Crippen LogP contribution in [0.15, 0.2) is 12.2 Å². The van der Waals surface area contributed by atoms with E-state index in [1.807, 2.05) is 0 Å². The molecule has 0 aliphatic heterocycles. The van der Waals surface area contributed by atoms with Gasteiger partial charge >= 0.3 is 6.09 Å². The van der Waals surface area contributed by atoms with E-state index in [2.05, 4.69) is 6.58 Å². The summed E-state index contributed by atoms with van der Waals surface area (Å²) < 4.78 is 4.88. The van der Waals surface area contributed by atoms with Crippen LogP contribution in [0.4, 0.5) is 4.79 Å². The Kier molecular flexibility index (Phi) is 2.98. The molecular formula is C12H19NO2. The fourth-order valence-electron chi connectivity index (χ4n) is 2.89. The van der Waals surface area contributed by atoms with Crippen molar-refractivity contribution in [2.45, 2.75) is 32.1 Å². The number of hydrogen-bond acceptors (Lipinski definition) is 2. The van der Waals surface area contributed by atoms with Crippen LogP contribution in [-0.4, -0.2) is 12.7 Å². The average Bonchev–Trinajstić information content (AvgIpc) is 2.80. The molecule has 0 bridgehead atoms. The third-order valence-electron chi connectivity index (χ3n) is 3.83. The number of carbonyl (C=O) groups excluding carboxylic acids is 1. The molecule has 1 amide bonds. The first kappa shape index (κ1) is 10.5. The van der Waals surface area contributed by atoms with E-state index < -0.39 is 6.09 Å². The van der Waals surface area contributed by atoms with Gasteiger partial charge in [0.15, 0.2) is 0 Å². The molecule has 2 N–H and O–H groups in total. The number of carbonyl (C=O) groups is 1. The summed E-state index contributed by atoms with van der Waals surface area (Å²) in [4.78, 5) is 10.5. The number of nitrogens with two attached hydrogens (primary N) is 1. The highest BCUT2D eigenvalue weighted by molar-refractivity contribution is 5.64. The number of hydrogen-bond donors (Lipinski definition) is 1. The lowest BCUT2D eigenvalue weighted by Crippen LogP contribution is -2.15. The van der Waals surface area contributed by atoms with Crippen molar-refractivity contribution in [3.05, 3.63) is 12.2 Å². The van der Waals surface area contributed by atoms with Crippen LogP contribution in [0.2, 0.25) is 0 Å². The molecule has 2 fully saturated rings. The minimum Gasteiger partial charge on any atom is -0.449 e. The van der Waals surface area contributed by atoms with Gasteiger partial charge in [0.1, 0.15) is 0 Å². The van der Waals surface area contributed by atoms with Gasteiger partial charge in [-0.15, -0.1) is 0 Å². The fourth-order valence-corrected chi connectivity index (χ4v) is 2.89. The molecule has 2 aliphatic carbocycles. The van der Waals surface area contributed by atoms with Gasteiger partial charge in [-0.2, -0.15) is 0 Å². The molecule has 84 valence electrons. The number of primary amides is 1. The summed E-state index contributed by atoms with van der Waals surface area (Å²) in [7, 11) is 0. The zero-order valence-corrected chi connectivity index (χ0v) is 9.08. The molecule has 0 spiro atoms. The molecule has 3 atom stereocenters. The highest BCUT2D eigenvalue weighted by atomic mass is 16.5. The maximum Gasteiger partial charge on any atom is 0.404 e. The lowest BCUT2D eigenvalue weighted by molar-refractivity contribution is 0.147. The van der Waals surface area contributed by atoms with Crippen LogP contribution in [0, 0.1) is 17.8 Å². The molecule has 2 saturated carbocycles. The number of rotatable bonds is 2. The number of amides is 1. The van der Waals surface area contributed by atoms with Crippen LogP contribution in [0.5, 0.6) is 0 Å². The average molecular weight is 209 g/mol. The fraction of sp³-hybridized carbons (Fsp3) is 0.750.